The molecule has 1 amide bonds. The largest absolute Gasteiger partial charge is 0.444 e. The molecule has 1 rings (SSSR count). The Morgan fingerprint density at radius 3 is 2.19 bits per heavy atom. The average Bonchev–Trinajstić information content (AvgIpc) is 2.32. The van der Waals surface area contributed by atoms with E-state index >= 15 is 0 Å². The van der Waals surface area contributed by atoms with Crippen molar-refractivity contribution in [1.29, 1.82) is 0 Å². The Bertz CT molecular complexity index is 510. The molecule has 1 unspecified atom stereocenters. The van der Waals surface area contributed by atoms with Crippen LogP contribution in [0.15, 0.2) is 24.3 Å². The van der Waals surface area contributed by atoms with E-state index in [1.165, 1.54) is 0 Å². The van der Waals surface area contributed by atoms with E-state index in [4.69, 9.17) is 4.74 Å². The minimum Gasteiger partial charge on any atom is -0.444 e. The Labute approximate surface area is 126 Å². The van der Waals surface area contributed by atoms with Gasteiger partial charge < -0.3 is 14.8 Å². The van der Waals surface area contributed by atoms with Crippen molar-refractivity contribution >= 4 is 12.4 Å². The monoisotopic (exact) mass is 291 g/mol. The smallest absolute Gasteiger partial charge is 0.408 e. The Kier molecular flexibility index (Phi) is 5.15. The Morgan fingerprint density at radius 1 is 1.14 bits per heavy atom. The van der Waals surface area contributed by atoms with E-state index < -0.39 is 17.7 Å². The van der Waals surface area contributed by atoms with Gasteiger partial charge in [0.15, 0.2) is 0 Å². The molecule has 4 heteroatoms. The minimum absolute atomic E-state index is 0.118. The zero-order valence-electron chi connectivity index (χ0n) is 13.7. The maximum Gasteiger partial charge on any atom is 0.408 e. The second-order valence-electron chi connectivity index (χ2n) is 7.10. The number of carbonyl (C=O) groups is 2. The zero-order chi connectivity index (χ0) is 16.3. The van der Waals surface area contributed by atoms with E-state index in [1.807, 2.05) is 24.3 Å². The summed E-state index contributed by atoms with van der Waals surface area (Å²) < 4.78 is 5.21. The van der Waals surface area contributed by atoms with E-state index in [0.717, 1.165) is 17.4 Å². The van der Waals surface area contributed by atoms with Crippen LogP contribution in [0.2, 0.25) is 0 Å². The molecule has 0 heterocycles. The summed E-state index contributed by atoms with van der Waals surface area (Å²) in [5.41, 5.74) is 1.11. The number of benzene rings is 1. The van der Waals surface area contributed by atoms with Crippen molar-refractivity contribution in [2.45, 2.75) is 58.6 Å². The molecule has 1 aromatic rings. The summed E-state index contributed by atoms with van der Waals surface area (Å²) in [5, 5.41) is 2.62. The van der Waals surface area contributed by atoms with Crippen molar-refractivity contribution in [3.05, 3.63) is 35.4 Å². The van der Waals surface area contributed by atoms with Gasteiger partial charge in [0.25, 0.3) is 0 Å². The fourth-order valence-corrected chi connectivity index (χ4v) is 2.07. The van der Waals surface area contributed by atoms with Crippen LogP contribution < -0.4 is 5.32 Å². The zero-order valence-corrected chi connectivity index (χ0v) is 13.7. The van der Waals surface area contributed by atoms with Crippen LogP contribution in [-0.4, -0.2) is 18.0 Å². The maximum atomic E-state index is 11.9. The molecular weight excluding hydrogens is 266 g/mol. The predicted molar refractivity (Wildman–Crippen MR) is 83.3 cm³/mol. The summed E-state index contributed by atoms with van der Waals surface area (Å²) in [6.07, 6.45) is 0.136. The van der Waals surface area contributed by atoms with Gasteiger partial charge in [-0.1, -0.05) is 45.0 Å². The highest BCUT2D eigenvalue weighted by Crippen LogP contribution is 2.29. The van der Waals surface area contributed by atoms with Gasteiger partial charge in [0.1, 0.15) is 17.9 Å². The van der Waals surface area contributed by atoms with Crippen molar-refractivity contribution in [2.75, 3.05) is 0 Å². The molecule has 1 atom stereocenters. The second-order valence-corrected chi connectivity index (χ2v) is 7.10. The lowest BCUT2D eigenvalue weighted by Crippen LogP contribution is -2.36. The van der Waals surface area contributed by atoms with E-state index in [1.54, 1.807) is 20.8 Å². The Morgan fingerprint density at radius 2 is 1.71 bits per heavy atom. The summed E-state index contributed by atoms with van der Waals surface area (Å²) in [7, 11) is 0. The molecule has 0 aliphatic heterocycles. The van der Waals surface area contributed by atoms with Crippen LogP contribution in [0.1, 0.15) is 58.7 Å². The van der Waals surface area contributed by atoms with Crippen LogP contribution in [0.5, 0.6) is 0 Å². The summed E-state index contributed by atoms with van der Waals surface area (Å²) in [6, 6.07) is 6.91. The molecule has 0 aromatic heterocycles. The van der Waals surface area contributed by atoms with Crippen LogP contribution in [0.25, 0.3) is 0 Å². The normalized spacial score (nSPS) is 13.4. The third kappa shape index (κ3) is 5.21. The van der Waals surface area contributed by atoms with Gasteiger partial charge in [0, 0.05) is 0 Å². The van der Waals surface area contributed by atoms with Crippen LogP contribution in [0.4, 0.5) is 4.79 Å². The predicted octanol–water partition coefficient (Wildman–Crippen LogP) is 3.75. The summed E-state index contributed by atoms with van der Waals surface area (Å²) >= 11 is 0. The quantitative estimate of drug-likeness (QED) is 0.863. The second kappa shape index (κ2) is 6.29. The van der Waals surface area contributed by atoms with E-state index in [0.29, 0.717) is 0 Å². The van der Waals surface area contributed by atoms with Crippen molar-refractivity contribution in [2.24, 2.45) is 0 Å². The first kappa shape index (κ1) is 17.2. The molecule has 116 valence electrons. The van der Waals surface area contributed by atoms with Gasteiger partial charge in [-0.2, -0.15) is 0 Å². The van der Waals surface area contributed by atoms with Gasteiger partial charge in [-0.3, -0.25) is 0 Å². The first-order valence-electron chi connectivity index (χ1n) is 7.09. The van der Waals surface area contributed by atoms with Crippen molar-refractivity contribution in [3.8, 4) is 0 Å². The molecule has 0 saturated heterocycles. The summed E-state index contributed by atoms with van der Waals surface area (Å²) in [5.74, 6) is 0. The standard InChI is InChI=1S/C17H25NO3/c1-16(2,3)13-10-8-7-9-12(13)14(11-19)18-15(20)21-17(4,5)6/h7-11,14H,1-6H3,(H,18,20). The van der Waals surface area contributed by atoms with Gasteiger partial charge in [0.05, 0.1) is 0 Å². The molecule has 0 aliphatic rings. The summed E-state index contributed by atoms with van der Waals surface area (Å²) in [6.45, 7) is 11.6. The number of nitrogens with one attached hydrogen (secondary N) is 1. The number of hydrogen-bond donors (Lipinski definition) is 1. The van der Waals surface area contributed by atoms with Crippen LogP contribution >= 0.6 is 0 Å². The number of aldehydes is 1. The molecule has 0 bridgehead atoms. The first-order chi connectivity index (χ1) is 9.54. The topological polar surface area (TPSA) is 55.4 Å². The number of alkyl carbamates (subject to hydrolysis) is 1. The van der Waals surface area contributed by atoms with Gasteiger partial charge >= 0.3 is 6.09 Å². The van der Waals surface area contributed by atoms with Gasteiger partial charge in [0.2, 0.25) is 0 Å². The van der Waals surface area contributed by atoms with Crippen molar-refractivity contribution in [3.63, 3.8) is 0 Å². The Balaban J connectivity index is 3.02. The minimum atomic E-state index is -0.713. The molecule has 1 aromatic carbocycles. The molecule has 0 saturated carbocycles. The lowest BCUT2D eigenvalue weighted by molar-refractivity contribution is -0.109. The number of hydrogen-bond acceptors (Lipinski definition) is 3. The van der Waals surface area contributed by atoms with Crippen molar-refractivity contribution in [1.82, 2.24) is 5.32 Å². The van der Waals surface area contributed by atoms with E-state index in [-0.39, 0.29) is 5.41 Å². The van der Waals surface area contributed by atoms with Crippen molar-refractivity contribution < 1.29 is 14.3 Å². The van der Waals surface area contributed by atoms with E-state index in [9.17, 15) is 9.59 Å². The van der Waals surface area contributed by atoms with Crippen LogP contribution in [0.3, 0.4) is 0 Å². The number of rotatable bonds is 3. The van der Waals surface area contributed by atoms with E-state index in [2.05, 4.69) is 26.1 Å². The fraction of sp³-hybridized carbons (Fsp3) is 0.529. The lowest BCUT2D eigenvalue weighted by atomic mass is 9.82. The SMILES string of the molecule is CC(C)(C)OC(=O)NC(C=O)c1ccccc1C(C)(C)C. The molecule has 0 fully saturated rings. The molecule has 4 nitrogen and oxygen atoms in total. The third-order valence-corrected chi connectivity index (χ3v) is 2.91. The highest BCUT2D eigenvalue weighted by Gasteiger charge is 2.25. The molecule has 1 N–H and O–H groups in total. The summed E-state index contributed by atoms with van der Waals surface area (Å²) in [4.78, 5) is 23.3. The van der Waals surface area contributed by atoms with Crippen LogP contribution in [0, 0.1) is 0 Å². The fourth-order valence-electron chi connectivity index (χ4n) is 2.07. The molecular formula is C17H25NO3. The van der Waals surface area contributed by atoms with Gasteiger partial charge in [-0.25, -0.2) is 4.79 Å². The number of ether oxygens (including phenoxy) is 1. The maximum absolute atomic E-state index is 11.9. The van der Waals surface area contributed by atoms with Gasteiger partial charge in [-0.15, -0.1) is 0 Å². The first-order valence-corrected chi connectivity index (χ1v) is 7.09. The highest BCUT2D eigenvalue weighted by molar-refractivity contribution is 5.75. The molecule has 0 aliphatic carbocycles. The number of carbonyl (C=O) groups excluding carboxylic acids is 2. The highest BCUT2D eigenvalue weighted by atomic mass is 16.6. The van der Waals surface area contributed by atoms with Crippen LogP contribution in [-0.2, 0) is 14.9 Å². The molecule has 0 spiro atoms. The third-order valence-electron chi connectivity index (χ3n) is 2.91. The molecule has 0 radical (unpaired) electrons. The average molecular weight is 291 g/mol. The van der Waals surface area contributed by atoms with Gasteiger partial charge in [-0.05, 0) is 37.3 Å². The molecule has 21 heavy (non-hydrogen) atoms. The Hall–Kier alpha value is -1.84. The number of amides is 1. The lowest BCUT2D eigenvalue weighted by Gasteiger charge is -2.26.